The second kappa shape index (κ2) is 2.59. The molecule has 2 amide bonds. The molecule has 2 rings (SSSR count). The van der Waals surface area contributed by atoms with E-state index in [9.17, 15) is 9.59 Å². The first-order valence-electron chi connectivity index (χ1n) is 4.13. The predicted molar refractivity (Wildman–Crippen MR) is 42.4 cm³/mol. The molecule has 13 heavy (non-hydrogen) atoms. The molecule has 72 valence electrons. The van der Waals surface area contributed by atoms with Crippen molar-refractivity contribution in [2.45, 2.75) is 0 Å². The number of nitrogens with zero attached hydrogens (tertiary/aromatic N) is 1. The van der Waals surface area contributed by atoms with Gasteiger partial charge in [0.15, 0.2) is 0 Å². The number of nitrogens with one attached hydrogen (secondary N) is 1. The smallest absolute Gasteiger partial charge is 0.407 e. The average molecular weight is 185 g/mol. The molecule has 0 radical (unpaired) electrons. The summed E-state index contributed by atoms with van der Waals surface area (Å²) in [7, 11) is 0. The highest BCUT2D eigenvalue weighted by Crippen LogP contribution is 2.51. The Morgan fingerprint density at radius 1 is 1.38 bits per heavy atom. The number of amides is 2. The normalized spacial score (nSPS) is 35.5. The minimum atomic E-state index is -0.904. The van der Waals surface area contributed by atoms with Gasteiger partial charge in [-0.1, -0.05) is 0 Å². The molecule has 1 saturated heterocycles. The molecule has 6 heteroatoms. The van der Waals surface area contributed by atoms with Gasteiger partial charge in [-0.15, -0.1) is 0 Å². The predicted octanol–water partition coefficient (Wildman–Crippen LogP) is -1.17. The first-order valence-corrected chi connectivity index (χ1v) is 4.13. The summed E-state index contributed by atoms with van der Waals surface area (Å²) < 4.78 is 0. The van der Waals surface area contributed by atoms with Gasteiger partial charge in [-0.3, -0.25) is 10.2 Å². The van der Waals surface area contributed by atoms with Gasteiger partial charge in [0.25, 0.3) is 0 Å². The van der Waals surface area contributed by atoms with E-state index in [0.29, 0.717) is 13.1 Å². The molecule has 3 atom stereocenters. The van der Waals surface area contributed by atoms with E-state index < -0.39 is 6.09 Å². The number of nitrogens with two attached hydrogens (primary N) is 1. The highest BCUT2D eigenvalue weighted by Gasteiger charge is 2.60. The molecule has 1 saturated carbocycles. The summed E-state index contributed by atoms with van der Waals surface area (Å²) >= 11 is 0. The lowest BCUT2D eigenvalue weighted by Gasteiger charge is -2.14. The third-order valence-corrected chi connectivity index (χ3v) is 2.91. The third-order valence-electron chi connectivity index (χ3n) is 2.91. The topological polar surface area (TPSA) is 95.7 Å². The lowest BCUT2D eigenvalue weighted by molar-refractivity contribution is -0.123. The van der Waals surface area contributed by atoms with Crippen LogP contribution >= 0.6 is 0 Å². The van der Waals surface area contributed by atoms with Gasteiger partial charge in [0.2, 0.25) is 5.91 Å². The molecule has 0 spiro atoms. The van der Waals surface area contributed by atoms with Crippen molar-refractivity contribution in [3.63, 3.8) is 0 Å². The maximum Gasteiger partial charge on any atom is 0.407 e. The van der Waals surface area contributed by atoms with Gasteiger partial charge >= 0.3 is 6.09 Å². The van der Waals surface area contributed by atoms with Crippen molar-refractivity contribution in [2.75, 3.05) is 13.1 Å². The van der Waals surface area contributed by atoms with E-state index in [1.807, 2.05) is 0 Å². The molecule has 1 aliphatic heterocycles. The summed E-state index contributed by atoms with van der Waals surface area (Å²) in [6.45, 7) is 0.941. The summed E-state index contributed by atoms with van der Waals surface area (Å²) in [5.74, 6) is 5.15. The van der Waals surface area contributed by atoms with E-state index in [-0.39, 0.29) is 23.7 Å². The Hall–Kier alpha value is -1.30. The Morgan fingerprint density at radius 2 is 1.92 bits per heavy atom. The van der Waals surface area contributed by atoms with E-state index in [4.69, 9.17) is 10.9 Å². The van der Waals surface area contributed by atoms with Crippen LogP contribution in [0.15, 0.2) is 0 Å². The van der Waals surface area contributed by atoms with Crippen LogP contribution in [-0.4, -0.2) is 35.1 Å². The van der Waals surface area contributed by atoms with E-state index in [1.165, 1.54) is 4.90 Å². The zero-order valence-electron chi connectivity index (χ0n) is 6.93. The second-order valence-corrected chi connectivity index (χ2v) is 3.55. The number of hydrazine groups is 1. The second-order valence-electron chi connectivity index (χ2n) is 3.55. The molecule has 6 nitrogen and oxygen atoms in total. The maximum atomic E-state index is 11.1. The van der Waals surface area contributed by atoms with Gasteiger partial charge < -0.3 is 10.0 Å². The highest BCUT2D eigenvalue weighted by molar-refractivity contribution is 5.82. The number of likely N-dealkylation sites (tertiary alicyclic amines) is 1. The molecule has 0 bridgehead atoms. The van der Waals surface area contributed by atoms with Crippen LogP contribution in [0.25, 0.3) is 0 Å². The molecule has 0 aromatic rings. The van der Waals surface area contributed by atoms with Crippen molar-refractivity contribution in [3.05, 3.63) is 0 Å². The fourth-order valence-electron chi connectivity index (χ4n) is 2.17. The van der Waals surface area contributed by atoms with Gasteiger partial charge in [-0.25, -0.2) is 10.6 Å². The number of fused-ring (bicyclic) bond motifs is 1. The number of carbonyl (C=O) groups excluding carboxylic acids is 1. The molecule has 1 aliphatic carbocycles. The largest absolute Gasteiger partial charge is 0.465 e. The van der Waals surface area contributed by atoms with Gasteiger partial charge in [-0.05, 0) is 11.8 Å². The van der Waals surface area contributed by atoms with Gasteiger partial charge in [0.1, 0.15) is 0 Å². The molecular formula is C7H11N3O3. The summed E-state index contributed by atoms with van der Waals surface area (Å²) in [6.07, 6.45) is -0.904. The Kier molecular flexibility index (Phi) is 1.66. The standard InChI is InChI=1S/C7H11N3O3/c8-9-6(11)5-3-1-10(7(12)13)2-4(3)5/h3-5H,1-2,8H2,(H,9,11)(H,12,13)/t3-,4+,5+. The van der Waals surface area contributed by atoms with Crippen LogP contribution in [0.1, 0.15) is 0 Å². The number of rotatable bonds is 1. The Balaban J connectivity index is 1.90. The summed E-state index contributed by atoms with van der Waals surface area (Å²) in [4.78, 5) is 22.9. The summed E-state index contributed by atoms with van der Waals surface area (Å²) in [6, 6.07) is 0. The minimum Gasteiger partial charge on any atom is -0.465 e. The van der Waals surface area contributed by atoms with Crippen molar-refractivity contribution in [1.29, 1.82) is 0 Å². The van der Waals surface area contributed by atoms with E-state index in [1.54, 1.807) is 0 Å². The van der Waals surface area contributed by atoms with Crippen molar-refractivity contribution in [1.82, 2.24) is 10.3 Å². The average Bonchev–Trinajstić information content (AvgIpc) is 2.58. The van der Waals surface area contributed by atoms with Crippen molar-refractivity contribution in [3.8, 4) is 0 Å². The molecule has 4 N–H and O–H groups in total. The first-order chi connectivity index (χ1) is 6.15. The van der Waals surface area contributed by atoms with Crippen molar-refractivity contribution < 1.29 is 14.7 Å². The van der Waals surface area contributed by atoms with Gasteiger partial charge in [-0.2, -0.15) is 0 Å². The zero-order valence-corrected chi connectivity index (χ0v) is 6.93. The van der Waals surface area contributed by atoms with Gasteiger partial charge in [0.05, 0.1) is 0 Å². The number of hydrogen-bond acceptors (Lipinski definition) is 3. The quantitative estimate of drug-likeness (QED) is 0.272. The lowest BCUT2D eigenvalue weighted by Crippen LogP contribution is -2.36. The van der Waals surface area contributed by atoms with Crippen molar-refractivity contribution in [2.24, 2.45) is 23.6 Å². The fraction of sp³-hybridized carbons (Fsp3) is 0.714. The number of hydrogen-bond donors (Lipinski definition) is 3. The van der Waals surface area contributed by atoms with E-state index >= 15 is 0 Å². The van der Waals surface area contributed by atoms with Crippen LogP contribution in [-0.2, 0) is 4.79 Å². The molecule has 2 aliphatic rings. The lowest BCUT2D eigenvalue weighted by atomic mass is 10.2. The Labute approximate surface area is 74.7 Å². The Morgan fingerprint density at radius 3 is 2.31 bits per heavy atom. The number of carbonyl (C=O) groups is 2. The SMILES string of the molecule is NNC(=O)[C@H]1[C@@H]2CN(C(=O)O)C[C@@H]21. The van der Waals surface area contributed by atoms with Crippen LogP contribution < -0.4 is 11.3 Å². The third kappa shape index (κ3) is 1.14. The number of piperidine rings is 1. The molecule has 1 heterocycles. The van der Waals surface area contributed by atoms with Crippen molar-refractivity contribution >= 4 is 12.0 Å². The molecule has 0 aromatic carbocycles. The van der Waals surface area contributed by atoms with Crippen LogP contribution in [0, 0.1) is 17.8 Å². The first kappa shape index (κ1) is 8.31. The summed E-state index contributed by atoms with van der Waals surface area (Å²) in [5, 5.41) is 8.63. The van der Waals surface area contributed by atoms with Gasteiger partial charge in [0, 0.05) is 19.0 Å². The van der Waals surface area contributed by atoms with E-state index in [2.05, 4.69) is 5.43 Å². The molecule has 0 unspecified atom stereocenters. The van der Waals surface area contributed by atoms with Crippen LogP contribution in [0.5, 0.6) is 0 Å². The van der Waals surface area contributed by atoms with Crippen LogP contribution in [0.2, 0.25) is 0 Å². The van der Waals surface area contributed by atoms with E-state index in [0.717, 1.165) is 0 Å². The fourth-order valence-corrected chi connectivity index (χ4v) is 2.17. The molecule has 2 fully saturated rings. The molecule has 0 aromatic heterocycles. The highest BCUT2D eigenvalue weighted by atomic mass is 16.4. The Bertz CT molecular complexity index is 256. The minimum absolute atomic E-state index is 0.0550. The maximum absolute atomic E-state index is 11.1. The zero-order chi connectivity index (χ0) is 9.59. The number of carboxylic acid groups (broad SMARTS) is 1. The van der Waals surface area contributed by atoms with Crippen LogP contribution in [0.4, 0.5) is 4.79 Å². The van der Waals surface area contributed by atoms with Crippen LogP contribution in [0.3, 0.4) is 0 Å². The summed E-state index contributed by atoms with van der Waals surface area (Å²) in [5.41, 5.74) is 2.09. The monoisotopic (exact) mass is 185 g/mol. The molecular weight excluding hydrogens is 174 g/mol.